The molecular weight excluding hydrogens is 236 g/mol. The molecule has 0 unspecified atom stereocenters. The van der Waals surface area contributed by atoms with Gasteiger partial charge in [-0.1, -0.05) is 0 Å². The normalized spacial score (nSPS) is 13.8. The van der Waals surface area contributed by atoms with Gasteiger partial charge < -0.3 is 20.5 Å². The number of amides is 2. The van der Waals surface area contributed by atoms with Gasteiger partial charge in [-0.05, 0) is 25.0 Å². The topological polar surface area (TPSA) is 87.7 Å². The number of carboxylic acids is 1. The smallest absolute Gasteiger partial charge is 0.339 e. The molecule has 2 rings (SSSR count). The van der Waals surface area contributed by atoms with Crippen LogP contribution in [0.15, 0.2) is 18.2 Å². The Labute approximate surface area is 104 Å². The van der Waals surface area contributed by atoms with Crippen LogP contribution < -0.4 is 15.4 Å². The van der Waals surface area contributed by atoms with Crippen molar-refractivity contribution in [1.29, 1.82) is 0 Å². The summed E-state index contributed by atoms with van der Waals surface area (Å²) < 4.78 is 4.97. The van der Waals surface area contributed by atoms with Crippen LogP contribution in [0.5, 0.6) is 5.75 Å². The number of hydrogen-bond acceptors (Lipinski definition) is 3. The van der Waals surface area contributed by atoms with Gasteiger partial charge in [-0.25, -0.2) is 9.59 Å². The molecule has 0 bridgehead atoms. The molecule has 0 heterocycles. The second-order valence-corrected chi connectivity index (χ2v) is 4.09. The van der Waals surface area contributed by atoms with Crippen LogP contribution in [0.1, 0.15) is 23.2 Å². The number of urea groups is 1. The van der Waals surface area contributed by atoms with Crippen LogP contribution >= 0.6 is 0 Å². The lowest BCUT2D eigenvalue weighted by molar-refractivity contribution is 0.0693. The van der Waals surface area contributed by atoms with Gasteiger partial charge in [-0.2, -0.15) is 0 Å². The molecule has 18 heavy (non-hydrogen) atoms. The quantitative estimate of drug-likeness (QED) is 0.758. The van der Waals surface area contributed by atoms with Crippen LogP contribution in [0.3, 0.4) is 0 Å². The third-order valence-corrected chi connectivity index (χ3v) is 2.60. The van der Waals surface area contributed by atoms with Gasteiger partial charge in [-0.3, -0.25) is 0 Å². The van der Waals surface area contributed by atoms with E-state index in [1.165, 1.54) is 25.3 Å². The average molecular weight is 250 g/mol. The maximum atomic E-state index is 11.5. The highest BCUT2D eigenvalue weighted by Crippen LogP contribution is 2.23. The predicted molar refractivity (Wildman–Crippen MR) is 65.1 cm³/mol. The van der Waals surface area contributed by atoms with Crippen molar-refractivity contribution in [3.8, 4) is 5.75 Å². The zero-order valence-corrected chi connectivity index (χ0v) is 9.90. The molecule has 1 aliphatic carbocycles. The minimum Gasteiger partial charge on any atom is -0.496 e. The first-order chi connectivity index (χ1) is 8.60. The number of hydrogen-bond donors (Lipinski definition) is 3. The standard InChI is InChI=1S/C12H14N2O4/c1-18-10-6-8(4-5-9(10)11(15)16)14-12(17)13-7-2-3-7/h4-7H,2-3H2,1H3,(H,15,16)(H2,13,14,17). The van der Waals surface area contributed by atoms with Crippen molar-refractivity contribution in [3.63, 3.8) is 0 Å². The summed E-state index contributed by atoms with van der Waals surface area (Å²) in [5.74, 6) is -0.854. The van der Waals surface area contributed by atoms with Gasteiger partial charge >= 0.3 is 12.0 Å². The van der Waals surface area contributed by atoms with Gasteiger partial charge in [0.25, 0.3) is 0 Å². The first-order valence-electron chi connectivity index (χ1n) is 5.59. The van der Waals surface area contributed by atoms with E-state index in [0.717, 1.165) is 12.8 Å². The molecule has 0 aromatic heterocycles. The summed E-state index contributed by atoms with van der Waals surface area (Å²) >= 11 is 0. The maximum Gasteiger partial charge on any atom is 0.339 e. The van der Waals surface area contributed by atoms with Gasteiger partial charge in [0.2, 0.25) is 0 Å². The van der Waals surface area contributed by atoms with E-state index in [1.54, 1.807) is 0 Å². The highest BCUT2D eigenvalue weighted by Gasteiger charge is 2.23. The molecule has 1 fully saturated rings. The fraction of sp³-hybridized carbons (Fsp3) is 0.333. The number of benzene rings is 1. The molecule has 1 aromatic carbocycles. The minimum absolute atomic E-state index is 0.0608. The first-order valence-corrected chi connectivity index (χ1v) is 5.59. The van der Waals surface area contributed by atoms with Crippen LogP contribution in [0.4, 0.5) is 10.5 Å². The molecule has 1 aromatic rings. The van der Waals surface area contributed by atoms with Crippen molar-refractivity contribution in [3.05, 3.63) is 23.8 Å². The molecule has 96 valence electrons. The van der Waals surface area contributed by atoms with Crippen molar-refractivity contribution < 1.29 is 19.4 Å². The average Bonchev–Trinajstić information content (AvgIpc) is 3.12. The summed E-state index contributed by atoms with van der Waals surface area (Å²) in [6, 6.07) is 4.38. The Morgan fingerprint density at radius 3 is 2.67 bits per heavy atom. The van der Waals surface area contributed by atoms with E-state index in [-0.39, 0.29) is 23.4 Å². The third kappa shape index (κ3) is 2.91. The number of aromatic carboxylic acids is 1. The van der Waals surface area contributed by atoms with Crippen LogP contribution in [0, 0.1) is 0 Å². The molecule has 0 saturated heterocycles. The van der Waals surface area contributed by atoms with Crippen LogP contribution in [0.25, 0.3) is 0 Å². The predicted octanol–water partition coefficient (Wildman–Crippen LogP) is 1.68. The van der Waals surface area contributed by atoms with Crippen LogP contribution in [0.2, 0.25) is 0 Å². The molecular formula is C12H14N2O4. The van der Waals surface area contributed by atoms with Gasteiger partial charge in [-0.15, -0.1) is 0 Å². The summed E-state index contributed by atoms with van der Waals surface area (Å²) in [4.78, 5) is 22.4. The zero-order valence-electron chi connectivity index (χ0n) is 9.90. The number of ether oxygens (including phenoxy) is 1. The SMILES string of the molecule is COc1cc(NC(=O)NC2CC2)ccc1C(=O)O. The lowest BCUT2D eigenvalue weighted by Gasteiger charge is -2.09. The van der Waals surface area contributed by atoms with E-state index in [2.05, 4.69) is 10.6 Å². The van der Waals surface area contributed by atoms with Gasteiger partial charge in [0.15, 0.2) is 0 Å². The van der Waals surface area contributed by atoms with Gasteiger partial charge in [0.05, 0.1) is 7.11 Å². The lowest BCUT2D eigenvalue weighted by Crippen LogP contribution is -2.30. The van der Waals surface area contributed by atoms with Gasteiger partial charge in [0, 0.05) is 17.8 Å². The molecule has 6 heteroatoms. The number of methoxy groups -OCH3 is 1. The molecule has 1 saturated carbocycles. The molecule has 0 spiro atoms. The largest absolute Gasteiger partial charge is 0.496 e. The lowest BCUT2D eigenvalue weighted by atomic mass is 10.2. The second kappa shape index (κ2) is 4.95. The third-order valence-electron chi connectivity index (χ3n) is 2.60. The Morgan fingerprint density at radius 1 is 1.39 bits per heavy atom. The fourth-order valence-corrected chi connectivity index (χ4v) is 1.53. The number of rotatable bonds is 4. The number of nitrogens with one attached hydrogen (secondary N) is 2. The van der Waals surface area contributed by atoms with E-state index in [0.29, 0.717) is 5.69 Å². The Morgan fingerprint density at radius 2 is 2.11 bits per heavy atom. The van der Waals surface area contributed by atoms with E-state index in [1.807, 2.05) is 0 Å². The van der Waals surface area contributed by atoms with Crippen molar-refractivity contribution in [1.82, 2.24) is 5.32 Å². The van der Waals surface area contributed by atoms with Gasteiger partial charge in [0.1, 0.15) is 11.3 Å². The highest BCUT2D eigenvalue weighted by atomic mass is 16.5. The summed E-state index contributed by atoms with van der Waals surface area (Å²) in [5, 5.41) is 14.3. The van der Waals surface area contributed by atoms with E-state index in [9.17, 15) is 9.59 Å². The van der Waals surface area contributed by atoms with Crippen molar-refractivity contribution >= 4 is 17.7 Å². The van der Waals surface area contributed by atoms with E-state index >= 15 is 0 Å². The first kappa shape index (κ1) is 12.2. The van der Waals surface area contributed by atoms with E-state index < -0.39 is 5.97 Å². The van der Waals surface area contributed by atoms with Crippen molar-refractivity contribution in [2.24, 2.45) is 0 Å². The summed E-state index contributed by atoms with van der Waals surface area (Å²) in [5.41, 5.74) is 0.556. The number of carbonyl (C=O) groups is 2. The highest BCUT2D eigenvalue weighted by molar-refractivity contribution is 5.94. The Bertz CT molecular complexity index is 483. The van der Waals surface area contributed by atoms with E-state index in [4.69, 9.17) is 9.84 Å². The summed E-state index contributed by atoms with van der Waals surface area (Å²) in [6.45, 7) is 0. The zero-order chi connectivity index (χ0) is 13.1. The Hall–Kier alpha value is -2.24. The maximum absolute atomic E-state index is 11.5. The number of carboxylic acid groups (broad SMARTS) is 1. The number of anilines is 1. The minimum atomic E-state index is -1.07. The molecule has 1 aliphatic rings. The summed E-state index contributed by atoms with van der Waals surface area (Å²) in [6.07, 6.45) is 2.02. The monoisotopic (exact) mass is 250 g/mol. The van der Waals surface area contributed by atoms with Crippen molar-refractivity contribution in [2.45, 2.75) is 18.9 Å². The molecule has 0 aliphatic heterocycles. The Kier molecular flexibility index (Phi) is 3.36. The van der Waals surface area contributed by atoms with Crippen LogP contribution in [-0.4, -0.2) is 30.3 Å². The molecule has 0 atom stereocenters. The molecule has 2 amide bonds. The second-order valence-electron chi connectivity index (χ2n) is 4.09. The van der Waals surface area contributed by atoms with Crippen LogP contribution in [-0.2, 0) is 0 Å². The van der Waals surface area contributed by atoms with Crippen molar-refractivity contribution in [2.75, 3.05) is 12.4 Å². The molecule has 6 nitrogen and oxygen atoms in total. The summed E-state index contributed by atoms with van der Waals surface area (Å²) in [7, 11) is 1.38. The Balaban J connectivity index is 2.08. The fourth-order valence-electron chi connectivity index (χ4n) is 1.53. The molecule has 3 N–H and O–H groups in total. The molecule has 0 radical (unpaired) electrons. The number of carbonyl (C=O) groups excluding carboxylic acids is 1.